The number of nitrogens with two attached hydrogens (primary N) is 1. The summed E-state index contributed by atoms with van der Waals surface area (Å²) in [5.41, 5.74) is 7.64. The van der Waals surface area contributed by atoms with Crippen molar-refractivity contribution in [2.24, 2.45) is 11.7 Å². The van der Waals surface area contributed by atoms with E-state index in [-0.39, 0.29) is 0 Å². The highest BCUT2D eigenvalue weighted by Crippen LogP contribution is 2.33. The Morgan fingerprint density at radius 2 is 1.95 bits per heavy atom. The summed E-state index contributed by atoms with van der Waals surface area (Å²) in [4.78, 5) is 2.57. The molecule has 1 saturated carbocycles. The maximum Gasteiger partial charge on any atom is 0.118 e. The van der Waals surface area contributed by atoms with Gasteiger partial charge in [-0.2, -0.15) is 0 Å². The highest BCUT2D eigenvalue weighted by atomic mass is 16.5. The number of benzene rings is 1. The van der Waals surface area contributed by atoms with Crippen molar-refractivity contribution in [1.29, 1.82) is 0 Å². The minimum absolute atomic E-state index is 0.319. The molecular formula is C16H24N2O. The zero-order valence-corrected chi connectivity index (χ0v) is 11.7. The van der Waals surface area contributed by atoms with Crippen molar-refractivity contribution in [3.63, 3.8) is 0 Å². The summed E-state index contributed by atoms with van der Waals surface area (Å²) < 4.78 is 5.22. The van der Waals surface area contributed by atoms with Gasteiger partial charge in [0, 0.05) is 25.7 Å². The number of nitrogens with zero attached hydrogens (tertiary/aromatic N) is 1. The number of rotatable bonds is 4. The Balaban J connectivity index is 1.67. The Labute approximate surface area is 115 Å². The Bertz CT molecular complexity index is 411. The van der Waals surface area contributed by atoms with E-state index in [0.29, 0.717) is 12.0 Å². The van der Waals surface area contributed by atoms with Gasteiger partial charge >= 0.3 is 0 Å². The smallest absolute Gasteiger partial charge is 0.118 e. The van der Waals surface area contributed by atoms with E-state index < -0.39 is 0 Å². The van der Waals surface area contributed by atoms with Crippen LogP contribution in [0.15, 0.2) is 24.3 Å². The van der Waals surface area contributed by atoms with E-state index in [1.807, 2.05) is 0 Å². The standard InChI is InChI=1S/C16H24N2O/c1-19-16-6-4-13(5-7-16)14-8-15(17)11-18(10-14)9-12-2-3-12/h4-7,12,14-15H,2-3,8-11,17H2,1H3. The van der Waals surface area contributed by atoms with Gasteiger partial charge < -0.3 is 15.4 Å². The minimum atomic E-state index is 0.319. The van der Waals surface area contributed by atoms with Crippen LogP contribution in [0.2, 0.25) is 0 Å². The maximum atomic E-state index is 6.24. The third-order valence-corrected chi connectivity index (χ3v) is 4.36. The van der Waals surface area contributed by atoms with E-state index in [0.717, 1.165) is 31.2 Å². The first-order valence-corrected chi connectivity index (χ1v) is 7.36. The van der Waals surface area contributed by atoms with E-state index in [9.17, 15) is 0 Å². The van der Waals surface area contributed by atoms with Crippen LogP contribution in [0, 0.1) is 5.92 Å². The molecule has 1 aliphatic heterocycles. The predicted molar refractivity (Wildman–Crippen MR) is 77.5 cm³/mol. The lowest BCUT2D eigenvalue weighted by Gasteiger charge is -2.36. The average molecular weight is 260 g/mol. The molecule has 2 atom stereocenters. The molecule has 1 aromatic carbocycles. The van der Waals surface area contributed by atoms with Gasteiger partial charge in [0.15, 0.2) is 0 Å². The van der Waals surface area contributed by atoms with Gasteiger partial charge in [-0.25, -0.2) is 0 Å². The fourth-order valence-corrected chi connectivity index (χ4v) is 3.16. The highest BCUT2D eigenvalue weighted by molar-refractivity contribution is 5.30. The van der Waals surface area contributed by atoms with Gasteiger partial charge in [0.1, 0.15) is 5.75 Å². The van der Waals surface area contributed by atoms with E-state index in [1.54, 1.807) is 7.11 Å². The molecule has 19 heavy (non-hydrogen) atoms. The third kappa shape index (κ3) is 3.28. The molecule has 2 unspecified atom stereocenters. The van der Waals surface area contributed by atoms with Crippen LogP contribution in [0.25, 0.3) is 0 Å². The van der Waals surface area contributed by atoms with Crippen molar-refractivity contribution in [2.45, 2.75) is 31.2 Å². The Morgan fingerprint density at radius 1 is 1.21 bits per heavy atom. The summed E-state index contributed by atoms with van der Waals surface area (Å²) in [6.07, 6.45) is 3.94. The number of hydrogen-bond donors (Lipinski definition) is 1. The van der Waals surface area contributed by atoms with E-state index in [1.165, 1.54) is 24.9 Å². The van der Waals surface area contributed by atoms with Crippen molar-refractivity contribution < 1.29 is 4.74 Å². The second-order valence-corrected chi connectivity index (χ2v) is 6.13. The monoisotopic (exact) mass is 260 g/mol. The molecular weight excluding hydrogens is 236 g/mol. The zero-order chi connectivity index (χ0) is 13.2. The molecule has 3 heteroatoms. The Kier molecular flexibility index (Phi) is 3.76. The Morgan fingerprint density at radius 3 is 2.58 bits per heavy atom. The van der Waals surface area contributed by atoms with Crippen LogP contribution in [-0.2, 0) is 0 Å². The minimum Gasteiger partial charge on any atom is -0.497 e. The molecule has 3 nitrogen and oxygen atoms in total. The summed E-state index contributed by atoms with van der Waals surface area (Å²) in [5.74, 6) is 2.45. The summed E-state index contributed by atoms with van der Waals surface area (Å²) in [7, 11) is 1.71. The molecule has 0 amide bonds. The van der Waals surface area contributed by atoms with Crippen molar-refractivity contribution in [1.82, 2.24) is 4.90 Å². The predicted octanol–water partition coefficient (Wildman–Crippen LogP) is 2.22. The molecule has 1 aliphatic carbocycles. The highest BCUT2D eigenvalue weighted by Gasteiger charge is 2.30. The lowest BCUT2D eigenvalue weighted by atomic mass is 9.88. The van der Waals surface area contributed by atoms with Crippen LogP contribution in [0.4, 0.5) is 0 Å². The van der Waals surface area contributed by atoms with Gasteiger partial charge in [-0.05, 0) is 48.8 Å². The molecule has 2 N–H and O–H groups in total. The summed E-state index contributed by atoms with van der Waals surface area (Å²) in [6.45, 7) is 3.49. The van der Waals surface area contributed by atoms with Crippen molar-refractivity contribution in [3.8, 4) is 5.75 Å². The summed E-state index contributed by atoms with van der Waals surface area (Å²) in [6, 6.07) is 8.81. The molecule has 3 rings (SSSR count). The first-order valence-electron chi connectivity index (χ1n) is 7.36. The molecule has 2 aliphatic rings. The second kappa shape index (κ2) is 5.51. The van der Waals surface area contributed by atoms with Gasteiger partial charge in [-0.3, -0.25) is 0 Å². The maximum absolute atomic E-state index is 6.24. The fourth-order valence-electron chi connectivity index (χ4n) is 3.16. The Hall–Kier alpha value is -1.06. The van der Waals surface area contributed by atoms with Gasteiger partial charge in [0.25, 0.3) is 0 Å². The lowest BCUT2D eigenvalue weighted by Crippen LogP contribution is -2.46. The summed E-state index contributed by atoms with van der Waals surface area (Å²) >= 11 is 0. The first kappa shape index (κ1) is 12.9. The number of hydrogen-bond acceptors (Lipinski definition) is 3. The van der Waals surface area contributed by atoms with Crippen LogP contribution in [-0.4, -0.2) is 37.7 Å². The SMILES string of the molecule is COc1ccc(C2CC(N)CN(CC3CC3)C2)cc1. The third-order valence-electron chi connectivity index (χ3n) is 4.36. The van der Waals surface area contributed by atoms with E-state index in [4.69, 9.17) is 10.5 Å². The molecule has 2 fully saturated rings. The fraction of sp³-hybridized carbons (Fsp3) is 0.625. The van der Waals surface area contributed by atoms with Crippen LogP contribution in [0.1, 0.15) is 30.7 Å². The zero-order valence-electron chi connectivity index (χ0n) is 11.7. The quantitative estimate of drug-likeness (QED) is 0.902. The van der Waals surface area contributed by atoms with Crippen LogP contribution < -0.4 is 10.5 Å². The topological polar surface area (TPSA) is 38.5 Å². The molecule has 0 aromatic heterocycles. The second-order valence-electron chi connectivity index (χ2n) is 6.13. The van der Waals surface area contributed by atoms with Gasteiger partial charge in [-0.1, -0.05) is 12.1 Å². The molecule has 0 spiro atoms. The molecule has 0 bridgehead atoms. The van der Waals surface area contributed by atoms with E-state index in [2.05, 4.69) is 29.2 Å². The van der Waals surface area contributed by atoms with Crippen molar-refractivity contribution in [3.05, 3.63) is 29.8 Å². The molecule has 0 radical (unpaired) electrons. The number of piperidine rings is 1. The van der Waals surface area contributed by atoms with E-state index >= 15 is 0 Å². The largest absolute Gasteiger partial charge is 0.497 e. The van der Waals surface area contributed by atoms with Crippen LogP contribution in [0.5, 0.6) is 5.75 Å². The van der Waals surface area contributed by atoms with Gasteiger partial charge in [-0.15, -0.1) is 0 Å². The summed E-state index contributed by atoms with van der Waals surface area (Å²) in [5, 5.41) is 0. The van der Waals surface area contributed by atoms with Crippen LogP contribution >= 0.6 is 0 Å². The number of likely N-dealkylation sites (tertiary alicyclic amines) is 1. The normalized spacial score (nSPS) is 28.3. The molecule has 1 heterocycles. The van der Waals surface area contributed by atoms with Crippen LogP contribution in [0.3, 0.4) is 0 Å². The molecule has 1 aromatic rings. The molecule has 104 valence electrons. The first-order chi connectivity index (χ1) is 9.24. The van der Waals surface area contributed by atoms with Gasteiger partial charge in [0.2, 0.25) is 0 Å². The number of ether oxygens (including phenoxy) is 1. The van der Waals surface area contributed by atoms with Crippen molar-refractivity contribution >= 4 is 0 Å². The lowest BCUT2D eigenvalue weighted by molar-refractivity contribution is 0.182. The van der Waals surface area contributed by atoms with Gasteiger partial charge in [0.05, 0.1) is 7.11 Å². The average Bonchev–Trinajstić information content (AvgIpc) is 3.22. The van der Waals surface area contributed by atoms with Crippen molar-refractivity contribution in [2.75, 3.05) is 26.7 Å². The molecule has 1 saturated heterocycles. The number of methoxy groups -OCH3 is 1.